The fraction of sp³-hybridized carbons (Fsp3) is 0.364. The van der Waals surface area contributed by atoms with Crippen LogP contribution in [0.4, 0.5) is 8.78 Å². The summed E-state index contributed by atoms with van der Waals surface area (Å²) < 4.78 is 33.1. The summed E-state index contributed by atoms with van der Waals surface area (Å²) in [5.41, 5.74) is 3.63. The molecule has 0 heterocycles. The lowest BCUT2D eigenvalue weighted by atomic mass is 10.00. The Balaban J connectivity index is 1.75. The molecule has 0 aromatic heterocycles. The largest absolute Gasteiger partial charge is 0.494 e. The van der Waals surface area contributed by atoms with E-state index < -0.39 is 11.6 Å². The maximum atomic E-state index is 14.1. The molecule has 2 nitrogen and oxygen atoms in total. The van der Waals surface area contributed by atoms with Crippen molar-refractivity contribution in [3.8, 4) is 5.75 Å². The molecule has 1 aliphatic carbocycles. The van der Waals surface area contributed by atoms with E-state index in [2.05, 4.69) is 6.07 Å². The lowest BCUT2D eigenvalue weighted by Crippen LogP contribution is -1.99. The van der Waals surface area contributed by atoms with Crippen LogP contribution in [0.25, 0.3) is 11.6 Å². The van der Waals surface area contributed by atoms with Gasteiger partial charge in [-0.25, -0.2) is 8.78 Å². The molecule has 1 N–H and O–H groups in total. The predicted octanol–water partition coefficient (Wildman–Crippen LogP) is 5.38. The lowest BCUT2D eigenvalue weighted by molar-refractivity contribution is 0.266. The first kappa shape index (κ1) is 18.6. The monoisotopic (exact) mass is 358 g/mol. The second kappa shape index (κ2) is 8.95. The van der Waals surface area contributed by atoms with Crippen LogP contribution in [0.5, 0.6) is 5.75 Å². The second-order valence-corrected chi connectivity index (χ2v) is 6.64. The van der Waals surface area contributed by atoms with E-state index in [4.69, 9.17) is 9.84 Å². The van der Waals surface area contributed by atoms with Gasteiger partial charge in [0.05, 0.1) is 6.61 Å². The highest BCUT2D eigenvalue weighted by Gasteiger charge is 2.14. The number of aryl methyl sites for hydroxylation is 1. The van der Waals surface area contributed by atoms with Gasteiger partial charge in [-0.15, -0.1) is 0 Å². The highest BCUT2D eigenvalue weighted by molar-refractivity contribution is 5.83. The zero-order valence-corrected chi connectivity index (χ0v) is 14.8. The summed E-state index contributed by atoms with van der Waals surface area (Å²) in [6, 6.07) is 9.76. The predicted molar refractivity (Wildman–Crippen MR) is 100 cm³/mol. The first-order valence-corrected chi connectivity index (χ1v) is 9.20. The van der Waals surface area contributed by atoms with Gasteiger partial charge in [0.1, 0.15) is 17.4 Å². The van der Waals surface area contributed by atoms with Gasteiger partial charge in [-0.2, -0.15) is 0 Å². The van der Waals surface area contributed by atoms with Crippen molar-refractivity contribution in [3.63, 3.8) is 0 Å². The molecule has 138 valence electrons. The average Bonchev–Trinajstić information content (AvgIpc) is 2.83. The Kier molecular flexibility index (Phi) is 6.40. The van der Waals surface area contributed by atoms with Gasteiger partial charge in [-0.1, -0.05) is 12.1 Å². The highest BCUT2D eigenvalue weighted by Crippen LogP contribution is 2.32. The average molecular weight is 358 g/mol. The van der Waals surface area contributed by atoms with Gasteiger partial charge in [0.25, 0.3) is 0 Å². The molecule has 26 heavy (non-hydrogen) atoms. The van der Waals surface area contributed by atoms with Crippen LogP contribution in [0.3, 0.4) is 0 Å². The van der Waals surface area contributed by atoms with Gasteiger partial charge in [0, 0.05) is 18.2 Å². The van der Waals surface area contributed by atoms with Gasteiger partial charge >= 0.3 is 0 Å². The zero-order valence-electron chi connectivity index (χ0n) is 14.8. The minimum absolute atomic E-state index is 0.224. The topological polar surface area (TPSA) is 29.5 Å². The number of fused-ring (bicyclic) bond motifs is 1. The van der Waals surface area contributed by atoms with Gasteiger partial charge in [0.2, 0.25) is 0 Å². The Bertz CT molecular complexity index is 784. The van der Waals surface area contributed by atoms with Crippen molar-refractivity contribution in [2.24, 2.45) is 0 Å². The van der Waals surface area contributed by atoms with Crippen LogP contribution in [0.2, 0.25) is 0 Å². The van der Waals surface area contributed by atoms with Crippen molar-refractivity contribution in [3.05, 3.63) is 64.7 Å². The summed E-state index contributed by atoms with van der Waals surface area (Å²) in [6.07, 6.45) is 7.26. The SMILES string of the molecule is OCCCCCOc1ccc2c(c1)CCCC(c1ccc(F)cc1F)=C2. The normalized spacial score (nSPS) is 13.7. The van der Waals surface area contributed by atoms with Crippen LogP contribution in [0.15, 0.2) is 36.4 Å². The Labute approximate surface area is 153 Å². The first-order valence-electron chi connectivity index (χ1n) is 9.20. The van der Waals surface area contributed by atoms with Crippen LogP contribution in [0.1, 0.15) is 48.8 Å². The van der Waals surface area contributed by atoms with Crippen LogP contribution in [-0.4, -0.2) is 18.3 Å². The molecule has 1 aliphatic rings. The van der Waals surface area contributed by atoms with E-state index in [1.165, 1.54) is 17.7 Å². The molecular formula is C22H24F2O2. The van der Waals surface area contributed by atoms with Crippen molar-refractivity contribution in [2.75, 3.05) is 13.2 Å². The number of hydrogen-bond acceptors (Lipinski definition) is 2. The summed E-state index contributed by atoms with van der Waals surface area (Å²) in [5.74, 6) is -0.221. The van der Waals surface area contributed by atoms with Crippen LogP contribution < -0.4 is 4.74 Å². The smallest absolute Gasteiger partial charge is 0.133 e. The van der Waals surface area contributed by atoms with Gasteiger partial charge in [-0.05, 0) is 79.5 Å². The lowest BCUT2D eigenvalue weighted by Gasteiger charge is -2.10. The number of aliphatic hydroxyl groups excluding tert-OH is 1. The van der Waals surface area contributed by atoms with Crippen LogP contribution in [-0.2, 0) is 6.42 Å². The van der Waals surface area contributed by atoms with Crippen molar-refractivity contribution < 1.29 is 18.6 Å². The van der Waals surface area contributed by atoms with E-state index in [-0.39, 0.29) is 6.61 Å². The standard InChI is InChI=1S/C22H24F2O2/c23-19-8-10-21(22(24)15-19)18-6-4-5-16-14-20(9-7-17(16)13-18)26-12-3-1-2-11-25/h7-10,13-15,25H,1-6,11-12H2. The number of ether oxygens (including phenoxy) is 1. The molecule has 0 aliphatic heterocycles. The van der Waals surface area contributed by atoms with Crippen molar-refractivity contribution in [1.29, 1.82) is 0 Å². The molecule has 2 aromatic rings. The fourth-order valence-electron chi connectivity index (χ4n) is 3.30. The molecule has 0 saturated heterocycles. The zero-order chi connectivity index (χ0) is 18.4. The number of aliphatic hydroxyl groups is 1. The number of benzene rings is 2. The maximum absolute atomic E-state index is 14.1. The van der Waals surface area contributed by atoms with Gasteiger partial charge < -0.3 is 9.84 Å². The van der Waals surface area contributed by atoms with Crippen molar-refractivity contribution in [1.82, 2.24) is 0 Å². The van der Waals surface area contributed by atoms with Crippen LogP contribution >= 0.6 is 0 Å². The Morgan fingerprint density at radius 2 is 1.85 bits per heavy atom. The Morgan fingerprint density at radius 3 is 2.65 bits per heavy atom. The van der Waals surface area contributed by atoms with E-state index in [0.29, 0.717) is 12.2 Å². The van der Waals surface area contributed by atoms with Crippen molar-refractivity contribution in [2.45, 2.75) is 38.5 Å². The Hall–Kier alpha value is -2.20. The summed E-state index contributed by atoms with van der Waals surface area (Å²) in [6.45, 7) is 0.864. The van der Waals surface area contributed by atoms with Crippen LogP contribution in [0, 0.1) is 11.6 Å². The minimum Gasteiger partial charge on any atom is -0.494 e. The quantitative estimate of drug-likeness (QED) is 0.673. The molecule has 4 heteroatoms. The van der Waals surface area contributed by atoms with E-state index in [0.717, 1.165) is 61.5 Å². The fourth-order valence-corrected chi connectivity index (χ4v) is 3.30. The number of allylic oxidation sites excluding steroid dienone is 1. The molecular weight excluding hydrogens is 334 g/mol. The molecule has 3 rings (SSSR count). The van der Waals surface area contributed by atoms with Gasteiger partial charge in [-0.3, -0.25) is 0 Å². The highest BCUT2D eigenvalue weighted by atomic mass is 19.1. The van der Waals surface area contributed by atoms with E-state index in [1.807, 2.05) is 18.2 Å². The summed E-state index contributed by atoms with van der Waals surface area (Å²) in [7, 11) is 0. The van der Waals surface area contributed by atoms with Gasteiger partial charge in [0.15, 0.2) is 0 Å². The molecule has 0 radical (unpaired) electrons. The number of hydrogen-bond donors (Lipinski definition) is 1. The summed E-state index contributed by atoms with van der Waals surface area (Å²) in [5, 5.41) is 8.79. The number of rotatable bonds is 7. The first-order chi connectivity index (χ1) is 12.7. The molecule has 0 amide bonds. The number of unbranched alkanes of at least 4 members (excludes halogenated alkanes) is 2. The molecule has 0 atom stereocenters. The number of halogens is 2. The molecule has 0 bridgehead atoms. The van der Waals surface area contributed by atoms with Crippen molar-refractivity contribution >= 4 is 11.6 Å². The molecule has 0 unspecified atom stereocenters. The molecule has 0 saturated carbocycles. The molecule has 2 aromatic carbocycles. The summed E-state index contributed by atoms with van der Waals surface area (Å²) in [4.78, 5) is 0. The maximum Gasteiger partial charge on any atom is 0.133 e. The summed E-state index contributed by atoms with van der Waals surface area (Å²) >= 11 is 0. The van der Waals surface area contributed by atoms with E-state index in [9.17, 15) is 8.78 Å². The Morgan fingerprint density at radius 1 is 0.962 bits per heavy atom. The minimum atomic E-state index is -0.554. The third kappa shape index (κ3) is 4.70. The third-order valence-electron chi connectivity index (χ3n) is 4.68. The van der Waals surface area contributed by atoms with E-state index >= 15 is 0 Å². The molecule has 0 fully saturated rings. The second-order valence-electron chi connectivity index (χ2n) is 6.64. The van der Waals surface area contributed by atoms with E-state index in [1.54, 1.807) is 0 Å². The third-order valence-corrected chi connectivity index (χ3v) is 4.68. The molecule has 0 spiro atoms.